The number of nitrogen functional groups attached to an aromatic ring is 1. The summed E-state index contributed by atoms with van der Waals surface area (Å²) < 4.78 is 0. The van der Waals surface area contributed by atoms with Crippen molar-refractivity contribution >= 4 is 39.8 Å². The van der Waals surface area contributed by atoms with Gasteiger partial charge in [0.05, 0.1) is 12.1 Å². The molecule has 0 aliphatic carbocycles. The van der Waals surface area contributed by atoms with Crippen molar-refractivity contribution in [3.63, 3.8) is 0 Å². The molecule has 1 aliphatic rings. The molecule has 0 bridgehead atoms. The number of aromatic nitrogens is 1. The first-order valence-corrected chi connectivity index (χ1v) is 8.47. The van der Waals surface area contributed by atoms with Crippen molar-refractivity contribution in [2.45, 2.75) is 18.4 Å². The maximum atomic E-state index is 12.5. The average Bonchev–Trinajstić information content (AvgIpc) is 2.91. The fourth-order valence-corrected chi connectivity index (χ4v) is 3.90. The summed E-state index contributed by atoms with van der Waals surface area (Å²) in [6.45, 7) is -0.0984. The Labute approximate surface area is 131 Å². The SMILES string of the molecule is CON=C(C(=O)NC1(CO)CCSCC1)c1csc(N)n1. The standard InChI is InChI=1S/C12H18N4O3S2/c1-19-16-9(8-6-21-11(13)14-8)10(18)15-12(7-17)2-4-20-5-3-12/h6,17H,2-5,7H2,1H3,(H2,13,14)(H,15,18). The summed E-state index contributed by atoms with van der Waals surface area (Å²) in [7, 11) is 1.36. The third-order valence-electron chi connectivity index (χ3n) is 3.29. The number of nitrogens with zero attached hydrogens (tertiary/aromatic N) is 2. The van der Waals surface area contributed by atoms with E-state index in [1.54, 1.807) is 5.38 Å². The molecule has 0 aromatic carbocycles. The van der Waals surface area contributed by atoms with Crippen LogP contribution in [0, 0.1) is 0 Å². The molecule has 21 heavy (non-hydrogen) atoms. The summed E-state index contributed by atoms with van der Waals surface area (Å²) in [5.41, 5.74) is 5.42. The molecule has 1 fully saturated rings. The number of thioether (sulfide) groups is 1. The van der Waals surface area contributed by atoms with Gasteiger partial charge in [-0.1, -0.05) is 5.16 Å². The fourth-order valence-electron chi connectivity index (χ4n) is 2.08. The first kappa shape index (κ1) is 16.1. The van der Waals surface area contributed by atoms with Gasteiger partial charge in [-0.05, 0) is 24.3 Å². The number of aliphatic hydroxyl groups is 1. The minimum absolute atomic E-state index is 0.0662. The van der Waals surface area contributed by atoms with Gasteiger partial charge in [-0.2, -0.15) is 11.8 Å². The van der Waals surface area contributed by atoms with Gasteiger partial charge in [0.2, 0.25) is 0 Å². The molecule has 2 heterocycles. The van der Waals surface area contributed by atoms with E-state index in [0.29, 0.717) is 10.8 Å². The van der Waals surface area contributed by atoms with Crippen LogP contribution in [0.3, 0.4) is 0 Å². The van der Waals surface area contributed by atoms with Gasteiger partial charge in [-0.15, -0.1) is 11.3 Å². The maximum Gasteiger partial charge on any atom is 0.276 e. The zero-order valence-corrected chi connectivity index (χ0v) is 13.3. The Morgan fingerprint density at radius 2 is 2.33 bits per heavy atom. The molecular formula is C12H18N4O3S2. The summed E-state index contributed by atoms with van der Waals surface area (Å²) in [6.07, 6.45) is 1.44. The molecule has 1 amide bonds. The lowest BCUT2D eigenvalue weighted by Crippen LogP contribution is -2.55. The minimum Gasteiger partial charge on any atom is -0.398 e. The van der Waals surface area contributed by atoms with Gasteiger partial charge in [0, 0.05) is 5.38 Å². The van der Waals surface area contributed by atoms with E-state index >= 15 is 0 Å². The van der Waals surface area contributed by atoms with Gasteiger partial charge in [0.1, 0.15) is 12.8 Å². The number of nitrogens with one attached hydrogen (secondary N) is 1. The molecule has 0 atom stereocenters. The summed E-state index contributed by atoms with van der Waals surface area (Å²) in [5, 5.41) is 18.3. The highest BCUT2D eigenvalue weighted by atomic mass is 32.2. The number of carbonyl (C=O) groups is 1. The molecule has 9 heteroatoms. The molecule has 7 nitrogen and oxygen atoms in total. The van der Waals surface area contributed by atoms with Crippen LogP contribution < -0.4 is 11.1 Å². The van der Waals surface area contributed by atoms with Gasteiger partial charge in [0.25, 0.3) is 5.91 Å². The van der Waals surface area contributed by atoms with Crippen molar-refractivity contribution < 1.29 is 14.7 Å². The number of aliphatic hydroxyl groups excluding tert-OH is 1. The number of oxime groups is 1. The Kier molecular flexibility index (Phi) is 5.43. The first-order chi connectivity index (χ1) is 10.1. The maximum absolute atomic E-state index is 12.5. The second-order valence-electron chi connectivity index (χ2n) is 4.70. The number of hydrogen-bond acceptors (Lipinski definition) is 8. The number of carbonyl (C=O) groups excluding carboxylic acids is 1. The normalized spacial score (nSPS) is 18.3. The van der Waals surface area contributed by atoms with E-state index in [4.69, 9.17) is 10.6 Å². The van der Waals surface area contributed by atoms with Gasteiger partial charge in [-0.25, -0.2) is 4.98 Å². The zero-order valence-electron chi connectivity index (χ0n) is 11.7. The van der Waals surface area contributed by atoms with Crippen LogP contribution in [0.25, 0.3) is 0 Å². The molecule has 1 aromatic heterocycles. The van der Waals surface area contributed by atoms with Crippen LogP contribution in [0.15, 0.2) is 10.5 Å². The second-order valence-corrected chi connectivity index (χ2v) is 6.81. The van der Waals surface area contributed by atoms with Crippen molar-refractivity contribution in [1.82, 2.24) is 10.3 Å². The molecule has 4 N–H and O–H groups in total. The minimum atomic E-state index is -0.599. The lowest BCUT2D eigenvalue weighted by Gasteiger charge is -2.36. The van der Waals surface area contributed by atoms with Crippen LogP contribution in [-0.4, -0.2) is 52.5 Å². The van der Waals surface area contributed by atoms with E-state index in [1.807, 2.05) is 11.8 Å². The van der Waals surface area contributed by atoms with Crippen molar-refractivity contribution in [3.05, 3.63) is 11.1 Å². The smallest absolute Gasteiger partial charge is 0.276 e. The summed E-state index contributed by atoms with van der Waals surface area (Å²) in [4.78, 5) is 21.2. The largest absolute Gasteiger partial charge is 0.398 e. The highest BCUT2D eigenvalue weighted by Gasteiger charge is 2.35. The number of hydrogen-bond donors (Lipinski definition) is 3. The van der Waals surface area contributed by atoms with Gasteiger partial charge in [-0.3, -0.25) is 4.79 Å². The summed E-state index contributed by atoms with van der Waals surface area (Å²) in [6, 6.07) is 0. The van der Waals surface area contributed by atoms with E-state index in [0.717, 1.165) is 24.3 Å². The van der Waals surface area contributed by atoms with Crippen molar-refractivity contribution in [2.24, 2.45) is 5.16 Å². The van der Waals surface area contributed by atoms with Crippen LogP contribution >= 0.6 is 23.1 Å². The van der Waals surface area contributed by atoms with Crippen LogP contribution in [0.2, 0.25) is 0 Å². The Balaban J connectivity index is 2.17. The third-order valence-corrected chi connectivity index (χ3v) is 4.95. The summed E-state index contributed by atoms with van der Waals surface area (Å²) >= 11 is 3.04. The van der Waals surface area contributed by atoms with E-state index in [-0.39, 0.29) is 12.3 Å². The second kappa shape index (κ2) is 7.10. The molecular weight excluding hydrogens is 312 g/mol. The van der Waals surface area contributed by atoms with Crippen molar-refractivity contribution in [1.29, 1.82) is 0 Å². The van der Waals surface area contributed by atoms with Crippen molar-refractivity contribution in [3.8, 4) is 0 Å². The topological polar surface area (TPSA) is 110 Å². The molecule has 1 saturated heterocycles. The molecule has 116 valence electrons. The van der Waals surface area contributed by atoms with E-state index < -0.39 is 11.4 Å². The lowest BCUT2D eigenvalue weighted by atomic mass is 9.93. The summed E-state index contributed by atoms with van der Waals surface area (Å²) in [5.74, 6) is 1.39. The molecule has 1 aliphatic heterocycles. The molecule has 0 spiro atoms. The predicted molar refractivity (Wildman–Crippen MR) is 84.6 cm³/mol. The molecule has 2 rings (SSSR count). The molecule has 1 aromatic rings. The molecule has 0 saturated carbocycles. The third kappa shape index (κ3) is 3.86. The zero-order chi connectivity index (χ0) is 15.3. The van der Waals surface area contributed by atoms with E-state index in [1.165, 1.54) is 18.4 Å². The van der Waals surface area contributed by atoms with Crippen LogP contribution in [0.1, 0.15) is 18.5 Å². The molecule has 0 unspecified atom stereocenters. The Morgan fingerprint density at radius 1 is 1.62 bits per heavy atom. The monoisotopic (exact) mass is 330 g/mol. The Bertz CT molecular complexity index is 526. The van der Waals surface area contributed by atoms with Gasteiger partial charge >= 0.3 is 0 Å². The average molecular weight is 330 g/mol. The number of nitrogens with two attached hydrogens (primary N) is 1. The number of anilines is 1. The van der Waals surface area contributed by atoms with Gasteiger partial charge in [0.15, 0.2) is 10.8 Å². The highest BCUT2D eigenvalue weighted by molar-refractivity contribution is 7.99. The quantitative estimate of drug-likeness (QED) is 0.534. The Morgan fingerprint density at radius 3 is 2.86 bits per heavy atom. The van der Waals surface area contributed by atoms with Gasteiger partial charge < -0.3 is 21.0 Å². The molecule has 0 radical (unpaired) electrons. The predicted octanol–water partition coefficient (Wildman–Crippen LogP) is 0.450. The highest BCUT2D eigenvalue weighted by Crippen LogP contribution is 2.27. The van der Waals surface area contributed by atoms with E-state index in [9.17, 15) is 9.90 Å². The Hall–Kier alpha value is -1.32. The number of rotatable bonds is 5. The fraction of sp³-hybridized carbons (Fsp3) is 0.583. The lowest BCUT2D eigenvalue weighted by molar-refractivity contribution is -0.117. The van der Waals surface area contributed by atoms with E-state index in [2.05, 4.69) is 15.5 Å². The van der Waals surface area contributed by atoms with Crippen LogP contribution in [-0.2, 0) is 9.63 Å². The number of thiazole rings is 1. The van der Waals surface area contributed by atoms with Crippen LogP contribution in [0.5, 0.6) is 0 Å². The van der Waals surface area contributed by atoms with Crippen LogP contribution in [0.4, 0.5) is 5.13 Å². The first-order valence-electron chi connectivity index (χ1n) is 6.44. The van der Waals surface area contributed by atoms with Crippen molar-refractivity contribution in [2.75, 3.05) is 31.0 Å². The number of amides is 1.